The number of benzene rings is 1. The third kappa shape index (κ3) is 3.21. The van der Waals surface area contributed by atoms with Crippen LogP contribution in [-0.4, -0.2) is 41.4 Å². The molecule has 0 saturated carbocycles. The summed E-state index contributed by atoms with van der Waals surface area (Å²) in [5.74, 6) is 0.894. The molecule has 2 aliphatic rings. The number of piperidine rings is 1. The van der Waals surface area contributed by atoms with Gasteiger partial charge in [0.15, 0.2) is 0 Å². The number of ether oxygens (including phenoxy) is 1. The topological polar surface area (TPSA) is 67.6 Å². The molecule has 2 amide bonds. The van der Waals surface area contributed by atoms with Crippen molar-refractivity contribution in [2.75, 3.05) is 25.0 Å². The predicted molar refractivity (Wildman–Crippen MR) is 98.3 cm³/mol. The summed E-state index contributed by atoms with van der Waals surface area (Å²) in [6.45, 7) is 5.91. The third-order valence-electron chi connectivity index (χ3n) is 5.82. The summed E-state index contributed by atoms with van der Waals surface area (Å²) in [6, 6.07) is 10.4. The molecule has 1 spiro atoms. The molecule has 0 aliphatic carbocycles. The van der Waals surface area contributed by atoms with Crippen molar-refractivity contribution in [2.24, 2.45) is 0 Å². The van der Waals surface area contributed by atoms with Crippen LogP contribution in [0.4, 0.5) is 10.7 Å². The minimum absolute atomic E-state index is 0.0873. The van der Waals surface area contributed by atoms with E-state index in [-0.39, 0.29) is 11.6 Å². The van der Waals surface area contributed by atoms with Gasteiger partial charge in [0.2, 0.25) is 5.88 Å². The smallest absolute Gasteiger partial charge is 0.324 e. The van der Waals surface area contributed by atoms with E-state index in [1.165, 1.54) is 5.56 Å². The average Bonchev–Trinajstić information content (AvgIpc) is 3.22. The maximum absolute atomic E-state index is 12.5. The SMILES string of the molecule is Cc1noc(NC(=O)N2CCC3(CC2)CC(c2ccccc2)CO3)c1C. The fourth-order valence-corrected chi connectivity index (χ4v) is 3.96. The van der Waals surface area contributed by atoms with Crippen molar-refractivity contribution in [1.82, 2.24) is 10.1 Å². The molecule has 2 aromatic rings. The molecule has 1 aromatic heterocycles. The molecule has 1 N–H and O–H groups in total. The van der Waals surface area contributed by atoms with E-state index < -0.39 is 0 Å². The van der Waals surface area contributed by atoms with Crippen molar-refractivity contribution >= 4 is 11.9 Å². The van der Waals surface area contributed by atoms with E-state index in [9.17, 15) is 4.79 Å². The number of likely N-dealkylation sites (tertiary alicyclic amines) is 1. The van der Waals surface area contributed by atoms with Gasteiger partial charge in [-0.15, -0.1) is 0 Å². The Morgan fingerprint density at radius 2 is 1.96 bits per heavy atom. The Balaban J connectivity index is 1.34. The van der Waals surface area contributed by atoms with Gasteiger partial charge in [-0.1, -0.05) is 35.5 Å². The second kappa shape index (κ2) is 6.76. The van der Waals surface area contributed by atoms with E-state index in [0.717, 1.165) is 37.1 Å². The zero-order valence-corrected chi connectivity index (χ0v) is 15.3. The Labute approximate surface area is 153 Å². The Hall–Kier alpha value is -2.34. The molecule has 1 unspecified atom stereocenters. The summed E-state index contributed by atoms with van der Waals surface area (Å²) in [6.07, 6.45) is 2.78. The largest absolute Gasteiger partial charge is 0.374 e. The number of carbonyl (C=O) groups is 1. The highest BCUT2D eigenvalue weighted by atomic mass is 16.5. The summed E-state index contributed by atoms with van der Waals surface area (Å²) in [7, 11) is 0. The van der Waals surface area contributed by atoms with Crippen LogP contribution >= 0.6 is 0 Å². The van der Waals surface area contributed by atoms with E-state index in [2.05, 4.69) is 34.7 Å². The Bertz CT molecular complexity index is 779. The molecule has 3 heterocycles. The highest BCUT2D eigenvalue weighted by Crippen LogP contribution is 2.42. The maximum Gasteiger partial charge on any atom is 0.324 e. The quantitative estimate of drug-likeness (QED) is 0.888. The summed E-state index contributed by atoms with van der Waals surface area (Å²) < 4.78 is 11.4. The molecule has 2 aliphatic heterocycles. The minimum atomic E-state index is -0.128. The van der Waals surface area contributed by atoms with Crippen LogP contribution in [0.15, 0.2) is 34.9 Å². The van der Waals surface area contributed by atoms with E-state index in [1.807, 2.05) is 24.8 Å². The van der Waals surface area contributed by atoms with Crippen LogP contribution in [0.5, 0.6) is 0 Å². The molecule has 138 valence electrons. The molecule has 6 nitrogen and oxygen atoms in total. The average molecular weight is 355 g/mol. The molecule has 0 bridgehead atoms. The number of urea groups is 1. The number of aryl methyl sites for hydroxylation is 1. The van der Waals surface area contributed by atoms with Crippen LogP contribution in [0.25, 0.3) is 0 Å². The summed E-state index contributed by atoms with van der Waals surface area (Å²) in [5.41, 5.74) is 2.93. The standard InChI is InChI=1S/C20H25N3O3/c1-14-15(2)22-26-18(14)21-19(24)23-10-8-20(9-11-23)12-17(13-25-20)16-6-4-3-5-7-16/h3-7,17H,8-13H2,1-2H3,(H,21,24). The zero-order valence-electron chi connectivity index (χ0n) is 15.3. The fourth-order valence-electron chi connectivity index (χ4n) is 3.96. The molecule has 6 heteroatoms. The van der Waals surface area contributed by atoms with Crippen LogP contribution < -0.4 is 5.32 Å². The number of nitrogens with zero attached hydrogens (tertiary/aromatic N) is 2. The highest BCUT2D eigenvalue weighted by Gasteiger charge is 2.43. The second-order valence-electron chi connectivity index (χ2n) is 7.45. The highest BCUT2D eigenvalue weighted by molar-refractivity contribution is 5.88. The van der Waals surface area contributed by atoms with Crippen molar-refractivity contribution in [3.8, 4) is 0 Å². The van der Waals surface area contributed by atoms with E-state index in [0.29, 0.717) is 24.9 Å². The van der Waals surface area contributed by atoms with Gasteiger partial charge in [0.1, 0.15) is 0 Å². The van der Waals surface area contributed by atoms with Gasteiger partial charge in [-0.3, -0.25) is 5.32 Å². The second-order valence-corrected chi connectivity index (χ2v) is 7.45. The normalized spacial score (nSPS) is 21.9. The fraction of sp³-hybridized carbons (Fsp3) is 0.500. The lowest BCUT2D eigenvalue weighted by atomic mass is 9.83. The molecular weight excluding hydrogens is 330 g/mol. The number of anilines is 1. The van der Waals surface area contributed by atoms with Crippen LogP contribution in [-0.2, 0) is 4.74 Å². The lowest BCUT2D eigenvalue weighted by molar-refractivity contribution is -0.0355. The molecule has 0 radical (unpaired) electrons. The molecule has 4 rings (SSSR count). The third-order valence-corrected chi connectivity index (χ3v) is 5.82. The van der Waals surface area contributed by atoms with Gasteiger partial charge < -0.3 is 14.2 Å². The first-order valence-corrected chi connectivity index (χ1v) is 9.24. The maximum atomic E-state index is 12.5. The van der Waals surface area contributed by atoms with Gasteiger partial charge in [-0.25, -0.2) is 4.79 Å². The van der Waals surface area contributed by atoms with Crippen LogP contribution in [0, 0.1) is 13.8 Å². The molecule has 26 heavy (non-hydrogen) atoms. The first-order valence-electron chi connectivity index (χ1n) is 9.24. The van der Waals surface area contributed by atoms with Gasteiger partial charge in [0.05, 0.1) is 17.9 Å². The molecule has 1 atom stereocenters. The van der Waals surface area contributed by atoms with Gasteiger partial charge >= 0.3 is 6.03 Å². The number of hydrogen-bond donors (Lipinski definition) is 1. The van der Waals surface area contributed by atoms with Crippen LogP contribution in [0.3, 0.4) is 0 Å². The van der Waals surface area contributed by atoms with Gasteiger partial charge in [0, 0.05) is 24.6 Å². The lowest BCUT2D eigenvalue weighted by Gasteiger charge is -2.38. The van der Waals surface area contributed by atoms with Crippen molar-refractivity contribution < 1.29 is 14.1 Å². The number of amides is 2. The van der Waals surface area contributed by atoms with E-state index in [4.69, 9.17) is 9.26 Å². The number of aromatic nitrogens is 1. The molecular formula is C20H25N3O3. The lowest BCUT2D eigenvalue weighted by Crippen LogP contribution is -2.47. The van der Waals surface area contributed by atoms with Crippen molar-refractivity contribution in [1.29, 1.82) is 0 Å². The minimum Gasteiger partial charge on any atom is -0.374 e. The molecule has 1 aromatic carbocycles. The van der Waals surface area contributed by atoms with E-state index in [1.54, 1.807) is 0 Å². The Kier molecular flexibility index (Phi) is 4.44. The first-order chi connectivity index (χ1) is 12.6. The first kappa shape index (κ1) is 17.1. The van der Waals surface area contributed by atoms with Gasteiger partial charge in [-0.05, 0) is 38.7 Å². The van der Waals surface area contributed by atoms with Crippen molar-refractivity contribution in [3.05, 3.63) is 47.2 Å². The molecule has 2 saturated heterocycles. The van der Waals surface area contributed by atoms with Crippen LogP contribution in [0.1, 0.15) is 42.0 Å². The summed E-state index contributed by atoms with van der Waals surface area (Å²) in [5, 5.41) is 6.71. The van der Waals surface area contributed by atoms with Gasteiger partial charge in [0.25, 0.3) is 0 Å². The number of nitrogens with one attached hydrogen (secondary N) is 1. The Morgan fingerprint density at radius 1 is 1.23 bits per heavy atom. The Morgan fingerprint density at radius 3 is 2.62 bits per heavy atom. The summed E-state index contributed by atoms with van der Waals surface area (Å²) >= 11 is 0. The monoisotopic (exact) mass is 355 g/mol. The van der Waals surface area contributed by atoms with Crippen LogP contribution in [0.2, 0.25) is 0 Å². The number of rotatable bonds is 2. The van der Waals surface area contributed by atoms with E-state index >= 15 is 0 Å². The summed E-state index contributed by atoms with van der Waals surface area (Å²) in [4.78, 5) is 14.3. The van der Waals surface area contributed by atoms with Crippen molar-refractivity contribution in [3.63, 3.8) is 0 Å². The zero-order chi connectivity index (χ0) is 18.1. The predicted octanol–water partition coefficient (Wildman–Crippen LogP) is 3.86. The number of carbonyl (C=O) groups excluding carboxylic acids is 1. The van der Waals surface area contributed by atoms with Crippen molar-refractivity contribution in [2.45, 2.75) is 44.6 Å². The number of hydrogen-bond acceptors (Lipinski definition) is 4. The molecule has 2 fully saturated rings. The van der Waals surface area contributed by atoms with Gasteiger partial charge in [-0.2, -0.15) is 0 Å².